The largest absolute Gasteiger partial charge is 0.496 e. The minimum atomic E-state index is -0.959. The Morgan fingerprint density at radius 3 is 2.48 bits per heavy atom. The third-order valence-electron chi connectivity index (χ3n) is 2.64. The molecule has 2 rings (SSSR count). The zero-order chi connectivity index (χ0) is 15.4. The lowest BCUT2D eigenvalue weighted by Crippen LogP contribution is -2.13. The number of nitrogens with two attached hydrogens (primary N) is 1. The molecule has 0 spiro atoms. The van der Waals surface area contributed by atoms with E-state index < -0.39 is 5.97 Å². The summed E-state index contributed by atoms with van der Waals surface area (Å²) >= 11 is 0.981. The molecule has 0 atom stereocenters. The number of benzene rings is 1. The topological polar surface area (TPSA) is 112 Å². The third-order valence-corrected chi connectivity index (χ3v) is 3.57. The molecule has 21 heavy (non-hydrogen) atoms. The van der Waals surface area contributed by atoms with Crippen LogP contribution in [0.25, 0.3) is 11.4 Å². The lowest BCUT2D eigenvalue weighted by Gasteiger charge is -2.12. The summed E-state index contributed by atoms with van der Waals surface area (Å²) < 4.78 is 11.8. The Labute approximate surface area is 124 Å². The maximum Gasteiger partial charge on any atom is 0.313 e. The number of nitrogens with zero attached hydrogens (tertiary/aromatic N) is 3. The van der Waals surface area contributed by atoms with E-state index in [0.29, 0.717) is 28.0 Å². The lowest BCUT2D eigenvalue weighted by molar-refractivity contribution is -0.133. The monoisotopic (exact) mass is 310 g/mol. The molecule has 1 aromatic carbocycles. The van der Waals surface area contributed by atoms with Gasteiger partial charge >= 0.3 is 5.97 Å². The zero-order valence-corrected chi connectivity index (χ0v) is 12.3. The molecule has 1 heterocycles. The quantitative estimate of drug-likeness (QED) is 0.596. The van der Waals surface area contributed by atoms with Gasteiger partial charge in [0, 0.05) is 0 Å². The molecular weight excluding hydrogens is 296 g/mol. The van der Waals surface area contributed by atoms with E-state index in [4.69, 9.17) is 20.4 Å². The maximum absolute atomic E-state index is 10.6. The van der Waals surface area contributed by atoms with E-state index >= 15 is 0 Å². The molecule has 0 unspecified atom stereocenters. The van der Waals surface area contributed by atoms with E-state index in [1.54, 1.807) is 18.2 Å². The van der Waals surface area contributed by atoms with Crippen LogP contribution >= 0.6 is 11.8 Å². The molecule has 0 bridgehead atoms. The highest BCUT2D eigenvalue weighted by Gasteiger charge is 2.20. The summed E-state index contributed by atoms with van der Waals surface area (Å²) in [6, 6.07) is 5.27. The standard InChI is InChI=1S/C12H14N4O4S/c1-19-7-4-3-5-8(20-2)10(7)11-14-15-12(16(11)13)21-6-9(17)18/h3-5H,6,13H2,1-2H3,(H,17,18). The lowest BCUT2D eigenvalue weighted by atomic mass is 10.1. The second-order valence-electron chi connectivity index (χ2n) is 3.90. The number of aromatic nitrogens is 3. The number of rotatable bonds is 6. The van der Waals surface area contributed by atoms with Gasteiger partial charge in [0.15, 0.2) is 5.82 Å². The fourth-order valence-electron chi connectivity index (χ4n) is 1.74. The number of carboxylic acid groups (broad SMARTS) is 1. The van der Waals surface area contributed by atoms with Gasteiger partial charge in [0.25, 0.3) is 0 Å². The van der Waals surface area contributed by atoms with Gasteiger partial charge in [-0.2, -0.15) is 0 Å². The van der Waals surface area contributed by atoms with Crippen LogP contribution in [0.15, 0.2) is 23.4 Å². The summed E-state index contributed by atoms with van der Waals surface area (Å²) in [5, 5.41) is 16.9. The second kappa shape index (κ2) is 6.35. The number of nitrogen functional groups attached to an aromatic ring is 1. The molecule has 2 aromatic rings. The van der Waals surface area contributed by atoms with Gasteiger partial charge in [-0.3, -0.25) is 4.79 Å². The van der Waals surface area contributed by atoms with Gasteiger partial charge in [-0.15, -0.1) is 10.2 Å². The van der Waals surface area contributed by atoms with Gasteiger partial charge < -0.3 is 20.4 Å². The molecule has 0 saturated heterocycles. The molecule has 112 valence electrons. The Morgan fingerprint density at radius 1 is 1.33 bits per heavy atom. The molecule has 1 aromatic heterocycles. The van der Waals surface area contributed by atoms with Crippen LogP contribution in [-0.2, 0) is 4.79 Å². The van der Waals surface area contributed by atoms with E-state index in [2.05, 4.69) is 10.2 Å². The Morgan fingerprint density at radius 2 is 1.95 bits per heavy atom. The maximum atomic E-state index is 10.6. The van der Waals surface area contributed by atoms with Gasteiger partial charge in [0.05, 0.1) is 20.0 Å². The predicted octanol–water partition coefficient (Wildman–Crippen LogP) is 0.853. The fraction of sp³-hybridized carbons (Fsp3) is 0.250. The molecule has 0 fully saturated rings. The molecule has 8 nitrogen and oxygen atoms in total. The van der Waals surface area contributed by atoms with Crippen molar-refractivity contribution < 1.29 is 19.4 Å². The summed E-state index contributed by atoms with van der Waals surface area (Å²) in [4.78, 5) is 10.6. The van der Waals surface area contributed by atoms with Crippen LogP contribution in [-0.4, -0.2) is 45.9 Å². The number of carboxylic acids is 1. The van der Waals surface area contributed by atoms with Crippen molar-refractivity contribution in [3.8, 4) is 22.9 Å². The summed E-state index contributed by atoms with van der Waals surface area (Å²) in [6.45, 7) is 0. The number of aliphatic carboxylic acids is 1. The third kappa shape index (κ3) is 3.02. The second-order valence-corrected chi connectivity index (χ2v) is 4.84. The van der Waals surface area contributed by atoms with E-state index in [-0.39, 0.29) is 5.75 Å². The Bertz CT molecular complexity index is 636. The SMILES string of the molecule is COc1cccc(OC)c1-c1nnc(SCC(=O)O)n1N. The summed E-state index contributed by atoms with van der Waals surface area (Å²) in [5.74, 6) is 6.21. The first-order chi connectivity index (χ1) is 10.1. The number of carbonyl (C=O) groups is 1. The number of thioether (sulfide) groups is 1. The van der Waals surface area contributed by atoms with Crippen molar-refractivity contribution in [3.05, 3.63) is 18.2 Å². The van der Waals surface area contributed by atoms with E-state index in [1.165, 1.54) is 18.9 Å². The highest BCUT2D eigenvalue weighted by atomic mass is 32.2. The van der Waals surface area contributed by atoms with Gasteiger partial charge in [0.1, 0.15) is 17.1 Å². The Balaban J connectivity index is 2.45. The van der Waals surface area contributed by atoms with Crippen LogP contribution in [0.5, 0.6) is 11.5 Å². The van der Waals surface area contributed by atoms with Crippen LogP contribution in [0.1, 0.15) is 0 Å². The average Bonchev–Trinajstić information content (AvgIpc) is 2.84. The van der Waals surface area contributed by atoms with Crippen molar-refractivity contribution in [2.45, 2.75) is 5.16 Å². The normalized spacial score (nSPS) is 10.4. The van der Waals surface area contributed by atoms with Crippen molar-refractivity contribution in [1.82, 2.24) is 14.9 Å². The van der Waals surface area contributed by atoms with E-state index in [9.17, 15) is 4.79 Å². The van der Waals surface area contributed by atoms with Gasteiger partial charge in [-0.05, 0) is 12.1 Å². The predicted molar refractivity (Wildman–Crippen MR) is 77.1 cm³/mol. The van der Waals surface area contributed by atoms with Crippen molar-refractivity contribution in [1.29, 1.82) is 0 Å². The van der Waals surface area contributed by atoms with Gasteiger partial charge in [-0.1, -0.05) is 17.8 Å². The van der Waals surface area contributed by atoms with Crippen molar-refractivity contribution >= 4 is 17.7 Å². The Kier molecular flexibility index (Phi) is 4.53. The molecule has 0 aliphatic heterocycles. The highest BCUT2D eigenvalue weighted by Crippen LogP contribution is 2.37. The summed E-state index contributed by atoms with van der Waals surface area (Å²) in [7, 11) is 3.05. The molecule has 0 aliphatic carbocycles. The number of hydrogen-bond donors (Lipinski definition) is 2. The van der Waals surface area contributed by atoms with Gasteiger partial charge in [-0.25, -0.2) is 4.68 Å². The smallest absolute Gasteiger partial charge is 0.313 e. The molecule has 0 radical (unpaired) electrons. The molecule has 0 saturated carbocycles. The van der Waals surface area contributed by atoms with Crippen LogP contribution in [0.4, 0.5) is 0 Å². The summed E-state index contributed by atoms with van der Waals surface area (Å²) in [5.41, 5.74) is 0.555. The first-order valence-corrected chi connectivity index (χ1v) is 6.83. The molecule has 9 heteroatoms. The fourth-order valence-corrected chi connectivity index (χ4v) is 2.32. The zero-order valence-electron chi connectivity index (χ0n) is 11.4. The van der Waals surface area contributed by atoms with Crippen LogP contribution in [0, 0.1) is 0 Å². The van der Waals surface area contributed by atoms with Crippen LogP contribution in [0.3, 0.4) is 0 Å². The summed E-state index contributed by atoms with van der Waals surface area (Å²) in [6.07, 6.45) is 0. The van der Waals surface area contributed by atoms with E-state index in [1.807, 2.05) is 0 Å². The molecule has 0 aliphatic rings. The first kappa shape index (κ1) is 15.0. The molecule has 3 N–H and O–H groups in total. The minimum absolute atomic E-state index is 0.154. The van der Waals surface area contributed by atoms with Crippen molar-refractivity contribution in [2.24, 2.45) is 0 Å². The Hall–Kier alpha value is -2.42. The highest BCUT2D eigenvalue weighted by molar-refractivity contribution is 7.99. The average molecular weight is 310 g/mol. The number of hydrogen-bond acceptors (Lipinski definition) is 7. The van der Waals surface area contributed by atoms with Gasteiger partial charge in [0.2, 0.25) is 5.16 Å². The molecule has 0 amide bonds. The molecular formula is C12H14N4O4S. The van der Waals surface area contributed by atoms with Crippen molar-refractivity contribution in [3.63, 3.8) is 0 Å². The number of ether oxygens (including phenoxy) is 2. The van der Waals surface area contributed by atoms with Crippen LogP contribution in [0.2, 0.25) is 0 Å². The van der Waals surface area contributed by atoms with E-state index in [0.717, 1.165) is 11.8 Å². The van der Waals surface area contributed by atoms with Crippen molar-refractivity contribution in [2.75, 3.05) is 25.8 Å². The number of methoxy groups -OCH3 is 2. The first-order valence-electron chi connectivity index (χ1n) is 5.85. The van der Waals surface area contributed by atoms with Crippen LogP contribution < -0.4 is 15.3 Å². The minimum Gasteiger partial charge on any atom is -0.496 e.